The molecular formula is C19H15NO3. The Balaban J connectivity index is 2.03. The van der Waals surface area contributed by atoms with Crippen LogP contribution < -0.4 is 5.43 Å². The van der Waals surface area contributed by atoms with E-state index >= 15 is 0 Å². The molecule has 1 amide bonds. The van der Waals surface area contributed by atoms with Crippen LogP contribution in [0.5, 0.6) is 0 Å². The molecule has 0 aliphatic carbocycles. The topological polar surface area (TPSA) is 50.5 Å². The highest BCUT2D eigenvalue weighted by Crippen LogP contribution is 2.36. The zero-order valence-electron chi connectivity index (χ0n) is 12.9. The molecule has 3 aromatic rings. The van der Waals surface area contributed by atoms with Gasteiger partial charge in [-0.3, -0.25) is 9.59 Å². The highest BCUT2D eigenvalue weighted by atomic mass is 16.3. The second-order valence-corrected chi connectivity index (χ2v) is 5.90. The van der Waals surface area contributed by atoms with Gasteiger partial charge in [-0.15, -0.1) is 0 Å². The maximum atomic E-state index is 12.9. The molecule has 0 unspecified atom stereocenters. The largest absolute Gasteiger partial charge is 0.450 e. The summed E-state index contributed by atoms with van der Waals surface area (Å²) in [5.74, 6) is -0.102. The van der Waals surface area contributed by atoms with Gasteiger partial charge < -0.3 is 9.32 Å². The fourth-order valence-electron chi connectivity index (χ4n) is 3.17. The molecule has 1 aromatic heterocycles. The Bertz CT molecular complexity index is 986. The molecule has 4 nitrogen and oxygen atoms in total. The third-order valence-electron chi connectivity index (χ3n) is 4.40. The van der Waals surface area contributed by atoms with Gasteiger partial charge in [0.25, 0.3) is 5.91 Å². The van der Waals surface area contributed by atoms with E-state index in [1.54, 1.807) is 36.2 Å². The number of amides is 1. The number of carbonyl (C=O) groups is 1. The summed E-state index contributed by atoms with van der Waals surface area (Å²) in [6, 6.07) is 14.5. The summed E-state index contributed by atoms with van der Waals surface area (Å²) in [6.07, 6.45) is 0. The van der Waals surface area contributed by atoms with Gasteiger partial charge in [-0.05, 0) is 24.6 Å². The average molecular weight is 305 g/mol. The number of nitrogens with zero attached hydrogens (tertiary/aromatic N) is 1. The standard InChI is InChI=1S/C19H15NO3/c1-11-7-9-12(10-8-11)16-15-17(21)13-5-3-4-6-14(13)23-18(15)19(22)20(16)2/h3-10,16H,1-2H3/t16-/m1/s1. The molecule has 0 bridgehead atoms. The van der Waals surface area contributed by atoms with Gasteiger partial charge in [0.2, 0.25) is 5.76 Å². The molecule has 114 valence electrons. The number of hydrogen-bond donors (Lipinski definition) is 0. The first kappa shape index (κ1) is 13.8. The summed E-state index contributed by atoms with van der Waals surface area (Å²) >= 11 is 0. The number of para-hydroxylation sites is 1. The molecule has 0 N–H and O–H groups in total. The maximum absolute atomic E-state index is 12.9. The third-order valence-corrected chi connectivity index (χ3v) is 4.40. The van der Waals surface area contributed by atoms with Crippen LogP contribution in [0.2, 0.25) is 0 Å². The predicted molar refractivity (Wildman–Crippen MR) is 87.6 cm³/mol. The van der Waals surface area contributed by atoms with E-state index in [2.05, 4.69) is 0 Å². The first-order valence-electron chi connectivity index (χ1n) is 7.47. The quantitative estimate of drug-likeness (QED) is 0.693. The third kappa shape index (κ3) is 1.91. The second-order valence-electron chi connectivity index (χ2n) is 5.90. The summed E-state index contributed by atoms with van der Waals surface area (Å²) in [5.41, 5.74) is 2.78. The van der Waals surface area contributed by atoms with Gasteiger partial charge in [0.05, 0.1) is 17.0 Å². The van der Waals surface area contributed by atoms with E-state index in [1.807, 2.05) is 31.2 Å². The van der Waals surface area contributed by atoms with Crippen LogP contribution >= 0.6 is 0 Å². The van der Waals surface area contributed by atoms with Crippen LogP contribution in [0.4, 0.5) is 0 Å². The van der Waals surface area contributed by atoms with Crippen molar-refractivity contribution < 1.29 is 9.21 Å². The molecule has 0 saturated carbocycles. The zero-order chi connectivity index (χ0) is 16.1. The molecule has 0 fully saturated rings. The van der Waals surface area contributed by atoms with E-state index in [0.717, 1.165) is 11.1 Å². The molecule has 0 spiro atoms. The lowest BCUT2D eigenvalue weighted by atomic mass is 9.98. The first-order chi connectivity index (χ1) is 11.1. The van der Waals surface area contributed by atoms with Crippen LogP contribution in [0.25, 0.3) is 11.0 Å². The van der Waals surface area contributed by atoms with Crippen molar-refractivity contribution in [1.82, 2.24) is 4.90 Å². The molecule has 4 rings (SSSR count). The van der Waals surface area contributed by atoms with Crippen molar-refractivity contribution >= 4 is 16.9 Å². The molecule has 1 aliphatic rings. The van der Waals surface area contributed by atoms with Crippen LogP contribution in [0.3, 0.4) is 0 Å². The molecule has 0 saturated heterocycles. The lowest BCUT2D eigenvalue weighted by Crippen LogP contribution is -2.25. The van der Waals surface area contributed by atoms with Gasteiger partial charge >= 0.3 is 0 Å². The van der Waals surface area contributed by atoms with Crippen molar-refractivity contribution in [1.29, 1.82) is 0 Å². The van der Waals surface area contributed by atoms with Crippen LogP contribution in [0.15, 0.2) is 57.7 Å². The minimum Gasteiger partial charge on any atom is -0.450 e. The summed E-state index contributed by atoms with van der Waals surface area (Å²) in [5, 5.41) is 0.506. The molecule has 23 heavy (non-hydrogen) atoms. The Morgan fingerprint density at radius 1 is 1.00 bits per heavy atom. The first-order valence-corrected chi connectivity index (χ1v) is 7.47. The van der Waals surface area contributed by atoms with E-state index < -0.39 is 6.04 Å². The molecule has 2 heterocycles. The van der Waals surface area contributed by atoms with Gasteiger partial charge in [0.15, 0.2) is 5.43 Å². The summed E-state index contributed by atoms with van der Waals surface area (Å²) in [7, 11) is 1.70. The van der Waals surface area contributed by atoms with E-state index in [4.69, 9.17) is 4.42 Å². The Kier molecular flexibility index (Phi) is 2.88. The monoisotopic (exact) mass is 305 g/mol. The van der Waals surface area contributed by atoms with Crippen LogP contribution in [0.1, 0.15) is 33.3 Å². The molecule has 2 aromatic carbocycles. The van der Waals surface area contributed by atoms with E-state index in [0.29, 0.717) is 16.5 Å². The molecule has 4 heteroatoms. The van der Waals surface area contributed by atoms with Crippen molar-refractivity contribution in [2.45, 2.75) is 13.0 Å². The van der Waals surface area contributed by atoms with E-state index in [9.17, 15) is 9.59 Å². The maximum Gasteiger partial charge on any atom is 0.290 e. The summed E-state index contributed by atoms with van der Waals surface area (Å²) < 4.78 is 5.75. The fourth-order valence-corrected chi connectivity index (χ4v) is 3.17. The van der Waals surface area contributed by atoms with Crippen molar-refractivity contribution in [3.8, 4) is 0 Å². The Labute approximate surface area is 133 Å². The van der Waals surface area contributed by atoms with Crippen LogP contribution in [0, 0.1) is 6.92 Å². The summed E-state index contributed by atoms with van der Waals surface area (Å²) in [6.45, 7) is 2.00. The summed E-state index contributed by atoms with van der Waals surface area (Å²) in [4.78, 5) is 27.0. The highest BCUT2D eigenvalue weighted by Gasteiger charge is 2.40. The number of carbonyl (C=O) groups excluding carboxylic acids is 1. The van der Waals surface area contributed by atoms with Gasteiger partial charge in [-0.25, -0.2) is 0 Å². The second kappa shape index (κ2) is 4.81. The van der Waals surface area contributed by atoms with Gasteiger partial charge in [0, 0.05) is 7.05 Å². The number of hydrogen-bond acceptors (Lipinski definition) is 3. The number of benzene rings is 2. The Hall–Kier alpha value is -2.88. The smallest absolute Gasteiger partial charge is 0.290 e. The van der Waals surface area contributed by atoms with Crippen molar-refractivity contribution in [2.75, 3.05) is 7.05 Å². The molecule has 1 atom stereocenters. The minimum atomic E-state index is -0.404. The van der Waals surface area contributed by atoms with E-state index in [1.165, 1.54) is 0 Å². The predicted octanol–water partition coefficient (Wildman–Crippen LogP) is 3.28. The minimum absolute atomic E-state index is 0.134. The number of rotatable bonds is 1. The van der Waals surface area contributed by atoms with Crippen molar-refractivity contribution in [3.63, 3.8) is 0 Å². The van der Waals surface area contributed by atoms with Crippen molar-refractivity contribution in [2.24, 2.45) is 0 Å². The fraction of sp³-hybridized carbons (Fsp3) is 0.158. The molecule has 0 radical (unpaired) electrons. The van der Waals surface area contributed by atoms with Gasteiger partial charge in [-0.2, -0.15) is 0 Å². The molecular weight excluding hydrogens is 290 g/mol. The van der Waals surface area contributed by atoms with Gasteiger partial charge in [-0.1, -0.05) is 42.0 Å². The zero-order valence-corrected chi connectivity index (χ0v) is 12.9. The Morgan fingerprint density at radius 3 is 2.43 bits per heavy atom. The van der Waals surface area contributed by atoms with E-state index in [-0.39, 0.29) is 17.1 Å². The van der Waals surface area contributed by atoms with Crippen LogP contribution in [-0.4, -0.2) is 17.9 Å². The molecule has 1 aliphatic heterocycles. The highest BCUT2D eigenvalue weighted by molar-refractivity contribution is 5.98. The van der Waals surface area contributed by atoms with Crippen LogP contribution in [-0.2, 0) is 0 Å². The van der Waals surface area contributed by atoms with Gasteiger partial charge in [0.1, 0.15) is 5.58 Å². The number of fused-ring (bicyclic) bond motifs is 2. The lowest BCUT2D eigenvalue weighted by molar-refractivity contribution is 0.0771. The normalized spacial score (nSPS) is 16.9. The lowest BCUT2D eigenvalue weighted by Gasteiger charge is -2.20. The van der Waals surface area contributed by atoms with Crippen molar-refractivity contribution in [3.05, 3.63) is 81.2 Å². The SMILES string of the molecule is Cc1ccc([C@@H]2c3c(oc4ccccc4c3=O)C(=O)N2C)cc1. The number of aryl methyl sites for hydroxylation is 1. The average Bonchev–Trinajstić information content (AvgIpc) is 2.81. The Morgan fingerprint density at radius 2 is 1.70 bits per heavy atom.